The lowest BCUT2D eigenvalue weighted by molar-refractivity contribution is 0.0938. The largest absolute Gasteiger partial charge is 0.399 e. The molecule has 108 valence electrons. The number of rotatable bonds is 4. The van der Waals surface area contributed by atoms with Gasteiger partial charge in [0.2, 0.25) is 0 Å². The Morgan fingerprint density at radius 2 is 2.29 bits per heavy atom. The van der Waals surface area contributed by atoms with Gasteiger partial charge in [0, 0.05) is 27.7 Å². The Labute approximate surface area is 127 Å². The van der Waals surface area contributed by atoms with Crippen molar-refractivity contribution in [3.8, 4) is 0 Å². The molecule has 4 nitrogen and oxygen atoms in total. The van der Waals surface area contributed by atoms with E-state index in [1.165, 1.54) is 4.88 Å². The van der Waals surface area contributed by atoms with Crippen LogP contribution in [-0.2, 0) is 0 Å². The number of amides is 1. The molecule has 1 unspecified atom stereocenters. The van der Waals surface area contributed by atoms with E-state index in [-0.39, 0.29) is 11.9 Å². The van der Waals surface area contributed by atoms with E-state index < -0.39 is 0 Å². The van der Waals surface area contributed by atoms with Crippen LogP contribution in [0, 0.1) is 0 Å². The van der Waals surface area contributed by atoms with Gasteiger partial charge in [-0.05, 0) is 36.1 Å². The van der Waals surface area contributed by atoms with Crippen LogP contribution in [0.2, 0.25) is 0 Å². The van der Waals surface area contributed by atoms with Crippen LogP contribution in [0.15, 0.2) is 41.9 Å². The summed E-state index contributed by atoms with van der Waals surface area (Å²) >= 11 is 1.66. The molecule has 0 radical (unpaired) electrons. The maximum atomic E-state index is 12.5. The minimum Gasteiger partial charge on any atom is -0.399 e. The number of aromatic amines is 1. The summed E-state index contributed by atoms with van der Waals surface area (Å²) in [4.78, 5) is 16.8. The van der Waals surface area contributed by atoms with E-state index in [4.69, 9.17) is 5.73 Å². The average molecular weight is 299 g/mol. The third-order valence-electron chi connectivity index (χ3n) is 3.55. The number of carbonyl (C=O) groups excluding carboxylic acids is 1. The highest BCUT2D eigenvalue weighted by Gasteiger charge is 2.17. The molecule has 0 fully saturated rings. The zero-order valence-electron chi connectivity index (χ0n) is 11.7. The van der Waals surface area contributed by atoms with Crippen molar-refractivity contribution in [1.29, 1.82) is 0 Å². The zero-order chi connectivity index (χ0) is 14.8. The summed E-state index contributed by atoms with van der Waals surface area (Å²) in [5, 5.41) is 6.02. The molecule has 4 N–H and O–H groups in total. The Morgan fingerprint density at radius 3 is 3.00 bits per heavy atom. The molecule has 1 aromatic carbocycles. The van der Waals surface area contributed by atoms with Crippen molar-refractivity contribution < 1.29 is 4.79 Å². The summed E-state index contributed by atoms with van der Waals surface area (Å²) in [5.74, 6) is -0.0636. The van der Waals surface area contributed by atoms with Gasteiger partial charge in [0.15, 0.2) is 0 Å². The van der Waals surface area contributed by atoms with Gasteiger partial charge in [-0.25, -0.2) is 0 Å². The fraction of sp³-hybridized carbons (Fsp3) is 0.188. The van der Waals surface area contributed by atoms with Crippen LogP contribution in [-0.4, -0.2) is 10.9 Å². The third kappa shape index (κ3) is 2.64. The molecule has 0 bridgehead atoms. The molecular weight excluding hydrogens is 282 g/mol. The lowest BCUT2D eigenvalue weighted by atomic mass is 10.1. The zero-order valence-corrected chi connectivity index (χ0v) is 12.5. The van der Waals surface area contributed by atoms with Gasteiger partial charge in [-0.2, -0.15) is 0 Å². The summed E-state index contributed by atoms with van der Waals surface area (Å²) < 4.78 is 0. The van der Waals surface area contributed by atoms with Gasteiger partial charge in [-0.1, -0.05) is 13.0 Å². The maximum absolute atomic E-state index is 12.5. The highest BCUT2D eigenvalue weighted by atomic mass is 32.1. The highest BCUT2D eigenvalue weighted by molar-refractivity contribution is 7.10. The van der Waals surface area contributed by atoms with E-state index in [9.17, 15) is 4.79 Å². The number of aromatic nitrogens is 1. The molecule has 0 aliphatic rings. The number of thiophene rings is 1. The maximum Gasteiger partial charge on any atom is 0.253 e. The number of hydrogen-bond donors (Lipinski definition) is 3. The molecule has 5 heteroatoms. The van der Waals surface area contributed by atoms with Crippen LogP contribution in [0.5, 0.6) is 0 Å². The standard InChI is InChI=1S/C16H17N3OS/c1-2-13(15-4-3-7-21-15)19-16(20)12-9-18-14-8-10(17)5-6-11(12)14/h3-9,13,18H,2,17H2,1H3,(H,19,20). The predicted molar refractivity (Wildman–Crippen MR) is 87.5 cm³/mol. The second-order valence-electron chi connectivity index (χ2n) is 4.96. The van der Waals surface area contributed by atoms with E-state index in [1.807, 2.05) is 29.6 Å². The summed E-state index contributed by atoms with van der Waals surface area (Å²) in [6.07, 6.45) is 2.60. The van der Waals surface area contributed by atoms with Crippen LogP contribution in [0.3, 0.4) is 0 Å². The molecule has 0 spiro atoms. The van der Waals surface area contributed by atoms with Crippen molar-refractivity contribution in [1.82, 2.24) is 10.3 Å². The van der Waals surface area contributed by atoms with Crippen LogP contribution >= 0.6 is 11.3 Å². The molecule has 1 amide bonds. The second-order valence-corrected chi connectivity index (χ2v) is 5.94. The number of nitrogens with one attached hydrogen (secondary N) is 2. The average Bonchev–Trinajstić information content (AvgIpc) is 3.13. The SMILES string of the molecule is CCC(NC(=O)c1c[nH]c2cc(N)ccc12)c1cccs1. The Kier molecular flexibility index (Phi) is 3.66. The first-order valence-corrected chi connectivity index (χ1v) is 7.78. The second kappa shape index (κ2) is 5.61. The summed E-state index contributed by atoms with van der Waals surface area (Å²) in [5.41, 5.74) is 7.97. The van der Waals surface area contributed by atoms with Crippen molar-refractivity contribution in [2.75, 3.05) is 5.73 Å². The fourth-order valence-corrected chi connectivity index (χ4v) is 3.29. The van der Waals surface area contributed by atoms with Crippen molar-refractivity contribution in [2.45, 2.75) is 19.4 Å². The molecule has 3 rings (SSSR count). The Hall–Kier alpha value is -2.27. The van der Waals surface area contributed by atoms with Crippen molar-refractivity contribution >= 4 is 33.8 Å². The van der Waals surface area contributed by atoms with Gasteiger partial charge >= 0.3 is 0 Å². The van der Waals surface area contributed by atoms with Gasteiger partial charge < -0.3 is 16.0 Å². The number of carbonyl (C=O) groups is 1. The molecule has 2 aromatic heterocycles. The molecular formula is C16H17N3OS. The highest BCUT2D eigenvalue weighted by Crippen LogP contribution is 2.24. The van der Waals surface area contributed by atoms with Gasteiger partial charge in [-0.3, -0.25) is 4.79 Å². The Morgan fingerprint density at radius 1 is 1.43 bits per heavy atom. The number of anilines is 1. The van der Waals surface area contributed by atoms with Crippen LogP contribution in [0.25, 0.3) is 10.9 Å². The van der Waals surface area contributed by atoms with Gasteiger partial charge in [0.25, 0.3) is 5.91 Å². The summed E-state index contributed by atoms with van der Waals surface area (Å²) in [6, 6.07) is 9.63. The Bertz CT molecular complexity index is 761. The number of benzene rings is 1. The Balaban J connectivity index is 1.87. The van der Waals surface area contributed by atoms with E-state index in [2.05, 4.69) is 23.3 Å². The first-order valence-electron chi connectivity index (χ1n) is 6.90. The fourth-order valence-electron chi connectivity index (χ4n) is 2.43. The molecule has 1 atom stereocenters. The van der Waals surface area contributed by atoms with Gasteiger partial charge in [0.05, 0.1) is 11.6 Å². The molecule has 0 aliphatic carbocycles. The molecule has 0 aliphatic heterocycles. The van der Waals surface area contributed by atoms with Crippen molar-refractivity contribution in [2.24, 2.45) is 0 Å². The van der Waals surface area contributed by atoms with Gasteiger partial charge in [0.1, 0.15) is 0 Å². The van der Waals surface area contributed by atoms with Crippen LogP contribution in [0.1, 0.15) is 34.6 Å². The lowest BCUT2D eigenvalue weighted by Crippen LogP contribution is -2.27. The molecule has 0 saturated heterocycles. The monoisotopic (exact) mass is 299 g/mol. The summed E-state index contributed by atoms with van der Waals surface area (Å²) in [7, 11) is 0. The summed E-state index contributed by atoms with van der Waals surface area (Å²) in [6.45, 7) is 2.07. The predicted octanol–water partition coefficient (Wildman–Crippen LogP) is 3.69. The van der Waals surface area contributed by atoms with Crippen LogP contribution < -0.4 is 11.1 Å². The molecule has 2 heterocycles. The molecule has 3 aromatic rings. The minimum absolute atomic E-state index is 0.0521. The van der Waals surface area contributed by atoms with E-state index in [0.717, 1.165) is 17.3 Å². The van der Waals surface area contributed by atoms with E-state index >= 15 is 0 Å². The number of nitrogens with two attached hydrogens (primary N) is 1. The molecule has 21 heavy (non-hydrogen) atoms. The quantitative estimate of drug-likeness (QED) is 0.643. The van der Waals surface area contributed by atoms with Crippen molar-refractivity contribution in [3.05, 3.63) is 52.3 Å². The number of H-pyrrole nitrogens is 1. The molecule has 0 saturated carbocycles. The number of fused-ring (bicyclic) bond motifs is 1. The normalized spacial score (nSPS) is 12.4. The minimum atomic E-state index is -0.0636. The lowest BCUT2D eigenvalue weighted by Gasteiger charge is -2.15. The third-order valence-corrected chi connectivity index (χ3v) is 4.54. The number of hydrogen-bond acceptors (Lipinski definition) is 3. The van der Waals surface area contributed by atoms with E-state index in [1.54, 1.807) is 17.5 Å². The van der Waals surface area contributed by atoms with Crippen molar-refractivity contribution in [3.63, 3.8) is 0 Å². The number of nitrogen functional groups attached to an aromatic ring is 1. The first kappa shape index (κ1) is 13.7. The smallest absolute Gasteiger partial charge is 0.253 e. The first-order chi connectivity index (χ1) is 10.2. The van der Waals surface area contributed by atoms with E-state index in [0.29, 0.717) is 11.3 Å². The van der Waals surface area contributed by atoms with Gasteiger partial charge in [-0.15, -0.1) is 11.3 Å². The topological polar surface area (TPSA) is 70.9 Å². The van der Waals surface area contributed by atoms with Crippen LogP contribution in [0.4, 0.5) is 5.69 Å².